The topological polar surface area (TPSA) is 9.23 Å². The van der Waals surface area contributed by atoms with Gasteiger partial charge in [0, 0.05) is 12.5 Å². The van der Waals surface area contributed by atoms with Crippen molar-refractivity contribution >= 4 is 0 Å². The van der Waals surface area contributed by atoms with Gasteiger partial charge in [0.05, 0.1) is 12.8 Å². The standard InChI is InChI=1S/C7H13FO/c1-2-7-6(5-8)3-4-9-7/h6-7H,2-5H2,1H3. The van der Waals surface area contributed by atoms with Crippen LogP contribution in [0.4, 0.5) is 4.39 Å². The van der Waals surface area contributed by atoms with Crippen molar-refractivity contribution in [2.24, 2.45) is 5.92 Å². The zero-order valence-corrected chi connectivity index (χ0v) is 5.77. The third-order valence-electron chi connectivity index (χ3n) is 1.95. The van der Waals surface area contributed by atoms with Gasteiger partial charge >= 0.3 is 0 Å². The van der Waals surface area contributed by atoms with Gasteiger partial charge in [-0.1, -0.05) is 6.92 Å². The minimum atomic E-state index is -0.210. The van der Waals surface area contributed by atoms with E-state index >= 15 is 0 Å². The lowest BCUT2D eigenvalue weighted by atomic mass is 10.0. The van der Waals surface area contributed by atoms with Crippen molar-refractivity contribution in [1.82, 2.24) is 0 Å². The molecule has 1 rings (SSSR count). The first-order valence-corrected chi connectivity index (χ1v) is 3.56. The van der Waals surface area contributed by atoms with Gasteiger partial charge in [-0.25, -0.2) is 0 Å². The highest BCUT2D eigenvalue weighted by Gasteiger charge is 2.25. The monoisotopic (exact) mass is 132 g/mol. The van der Waals surface area contributed by atoms with Gasteiger partial charge in [-0.2, -0.15) is 0 Å². The number of halogens is 1. The lowest BCUT2D eigenvalue weighted by Gasteiger charge is -2.11. The molecule has 2 atom stereocenters. The molecule has 0 saturated carbocycles. The number of hydrogen-bond donors (Lipinski definition) is 0. The molecule has 0 bridgehead atoms. The average Bonchev–Trinajstić information content (AvgIpc) is 2.33. The molecule has 0 radical (unpaired) electrons. The van der Waals surface area contributed by atoms with Crippen molar-refractivity contribution in [3.8, 4) is 0 Å². The zero-order valence-electron chi connectivity index (χ0n) is 5.77. The molecule has 2 unspecified atom stereocenters. The van der Waals surface area contributed by atoms with Crippen LogP contribution in [0.5, 0.6) is 0 Å². The summed E-state index contributed by atoms with van der Waals surface area (Å²) in [4.78, 5) is 0. The summed E-state index contributed by atoms with van der Waals surface area (Å²) in [6, 6.07) is 0. The summed E-state index contributed by atoms with van der Waals surface area (Å²) in [6.45, 7) is 2.59. The van der Waals surface area contributed by atoms with Crippen LogP contribution in [-0.4, -0.2) is 19.4 Å². The van der Waals surface area contributed by atoms with Crippen molar-refractivity contribution in [2.75, 3.05) is 13.3 Å². The smallest absolute Gasteiger partial charge is 0.0948 e. The summed E-state index contributed by atoms with van der Waals surface area (Å²) in [6.07, 6.45) is 2.07. The van der Waals surface area contributed by atoms with Crippen LogP contribution in [0, 0.1) is 5.92 Å². The van der Waals surface area contributed by atoms with Crippen LogP contribution in [0.2, 0.25) is 0 Å². The van der Waals surface area contributed by atoms with Crippen LogP contribution in [-0.2, 0) is 4.74 Å². The highest BCUT2D eigenvalue weighted by molar-refractivity contribution is 4.73. The maximum atomic E-state index is 12.1. The zero-order chi connectivity index (χ0) is 6.69. The first kappa shape index (κ1) is 7.00. The fourth-order valence-corrected chi connectivity index (χ4v) is 1.32. The molecule has 0 aliphatic carbocycles. The van der Waals surface area contributed by atoms with Crippen molar-refractivity contribution in [3.63, 3.8) is 0 Å². The molecule has 1 saturated heterocycles. The molecule has 1 fully saturated rings. The second-order valence-corrected chi connectivity index (χ2v) is 2.52. The lowest BCUT2D eigenvalue weighted by molar-refractivity contribution is 0.0811. The van der Waals surface area contributed by atoms with Crippen LogP contribution < -0.4 is 0 Å². The van der Waals surface area contributed by atoms with E-state index in [9.17, 15) is 4.39 Å². The minimum Gasteiger partial charge on any atom is -0.378 e. The molecule has 1 aliphatic rings. The minimum absolute atomic E-state index is 0.190. The highest BCUT2D eigenvalue weighted by Crippen LogP contribution is 2.23. The van der Waals surface area contributed by atoms with Crippen molar-refractivity contribution < 1.29 is 9.13 Å². The van der Waals surface area contributed by atoms with E-state index in [4.69, 9.17) is 4.74 Å². The highest BCUT2D eigenvalue weighted by atomic mass is 19.1. The van der Waals surface area contributed by atoms with Crippen LogP contribution in [0.1, 0.15) is 19.8 Å². The van der Waals surface area contributed by atoms with E-state index < -0.39 is 0 Å². The van der Waals surface area contributed by atoms with Gasteiger partial charge in [-0.15, -0.1) is 0 Å². The summed E-state index contributed by atoms with van der Waals surface area (Å²) in [5, 5.41) is 0. The third-order valence-corrected chi connectivity index (χ3v) is 1.95. The van der Waals surface area contributed by atoms with Crippen LogP contribution in [0.3, 0.4) is 0 Å². The molecular formula is C7H13FO. The molecule has 54 valence electrons. The maximum absolute atomic E-state index is 12.1. The first-order valence-electron chi connectivity index (χ1n) is 3.56. The number of alkyl halides is 1. The average molecular weight is 132 g/mol. The Balaban J connectivity index is 2.32. The molecule has 2 heteroatoms. The Morgan fingerprint density at radius 3 is 2.89 bits per heavy atom. The third kappa shape index (κ3) is 1.42. The van der Waals surface area contributed by atoms with Crippen molar-refractivity contribution in [3.05, 3.63) is 0 Å². The van der Waals surface area contributed by atoms with Gasteiger partial charge < -0.3 is 4.74 Å². The maximum Gasteiger partial charge on any atom is 0.0948 e. The number of ether oxygens (including phenoxy) is 1. The van der Waals surface area contributed by atoms with E-state index in [1.165, 1.54) is 0 Å². The summed E-state index contributed by atoms with van der Waals surface area (Å²) in [5.74, 6) is 0.190. The second kappa shape index (κ2) is 3.16. The van der Waals surface area contributed by atoms with Crippen LogP contribution >= 0.6 is 0 Å². The molecule has 1 aliphatic heterocycles. The van der Waals surface area contributed by atoms with Crippen LogP contribution in [0.15, 0.2) is 0 Å². The summed E-state index contributed by atoms with van der Waals surface area (Å²) < 4.78 is 17.3. The second-order valence-electron chi connectivity index (χ2n) is 2.52. The van der Waals surface area contributed by atoms with E-state index in [1.54, 1.807) is 0 Å². The Kier molecular flexibility index (Phi) is 2.46. The van der Waals surface area contributed by atoms with E-state index in [1.807, 2.05) is 6.92 Å². The predicted molar refractivity (Wildman–Crippen MR) is 34.1 cm³/mol. The normalized spacial score (nSPS) is 35.3. The Morgan fingerprint density at radius 1 is 1.67 bits per heavy atom. The molecule has 1 nitrogen and oxygen atoms in total. The SMILES string of the molecule is CCC1OCCC1CF. The predicted octanol–water partition coefficient (Wildman–Crippen LogP) is 1.77. The molecule has 0 spiro atoms. The summed E-state index contributed by atoms with van der Waals surface area (Å²) in [7, 11) is 0. The number of rotatable bonds is 2. The van der Waals surface area contributed by atoms with E-state index in [-0.39, 0.29) is 18.7 Å². The molecule has 0 amide bonds. The van der Waals surface area contributed by atoms with Gasteiger partial charge in [-0.3, -0.25) is 4.39 Å². The van der Waals surface area contributed by atoms with E-state index in [0.717, 1.165) is 19.4 Å². The molecular weight excluding hydrogens is 119 g/mol. The van der Waals surface area contributed by atoms with E-state index in [2.05, 4.69) is 0 Å². The Hall–Kier alpha value is -0.110. The summed E-state index contributed by atoms with van der Waals surface area (Å²) in [5.41, 5.74) is 0. The Labute approximate surface area is 55.2 Å². The number of hydrogen-bond acceptors (Lipinski definition) is 1. The Morgan fingerprint density at radius 2 is 2.44 bits per heavy atom. The Bertz CT molecular complexity index is 75.0. The van der Waals surface area contributed by atoms with Gasteiger partial charge in [-0.05, 0) is 12.8 Å². The van der Waals surface area contributed by atoms with Crippen LogP contribution in [0.25, 0.3) is 0 Å². The quantitative estimate of drug-likeness (QED) is 0.556. The lowest BCUT2D eigenvalue weighted by Crippen LogP contribution is -2.15. The fourth-order valence-electron chi connectivity index (χ4n) is 1.32. The van der Waals surface area contributed by atoms with Gasteiger partial charge in [0.15, 0.2) is 0 Å². The van der Waals surface area contributed by atoms with E-state index in [0.29, 0.717) is 0 Å². The molecule has 0 aromatic heterocycles. The molecule has 1 heterocycles. The fraction of sp³-hybridized carbons (Fsp3) is 1.00. The summed E-state index contributed by atoms with van der Waals surface area (Å²) >= 11 is 0. The largest absolute Gasteiger partial charge is 0.378 e. The molecule has 0 N–H and O–H groups in total. The van der Waals surface area contributed by atoms with Crippen molar-refractivity contribution in [2.45, 2.75) is 25.9 Å². The molecule has 0 aromatic carbocycles. The van der Waals surface area contributed by atoms with Crippen molar-refractivity contribution in [1.29, 1.82) is 0 Å². The first-order chi connectivity index (χ1) is 4.38. The van der Waals surface area contributed by atoms with Gasteiger partial charge in [0.1, 0.15) is 0 Å². The molecule has 9 heavy (non-hydrogen) atoms. The van der Waals surface area contributed by atoms with Gasteiger partial charge in [0.25, 0.3) is 0 Å². The molecule has 0 aromatic rings. The van der Waals surface area contributed by atoms with Gasteiger partial charge in [0.2, 0.25) is 0 Å².